The molecule has 1 aromatic heterocycles. The van der Waals surface area contributed by atoms with Gasteiger partial charge in [-0.25, -0.2) is 14.2 Å². The summed E-state index contributed by atoms with van der Waals surface area (Å²) in [4.78, 5) is 30.0. The number of carbonyl (C=O) groups excluding carboxylic acids is 1. The highest BCUT2D eigenvalue weighted by atomic mass is 35.5. The third-order valence-electron chi connectivity index (χ3n) is 4.10. The summed E-state index contributed by atoms with van der Waals surface area (Å²) in [5.41, 5.74) is -0.895. The van der Waals surface area contributed by atoms with Crippen LogP contribution in [0.2, 0.25) is 10.0 Å². The molecule has 0 aliphatic heterocycles. The quantitative estimate of drug-likeness (QED) is 0.576. The Bertz CT molecular complexity index is 1170. The predicted molar refractivity (Wildman–Crippen MR) is 115 cm³/mol. The number of carbonyl (C=O) groups is 1. The molecule has 1 atom stereocenters. The van der Waals surface area contributed by atoms with Crippen molar-refractivity contribution in [2.45, 2.75) is 39.3 Å². The standard InChI is InChI=1S/C21H20Cl2FN3O3/c1-11(25-20(29)30-21(2,3)4)18-26-16-7-5-6-15(24)17(16)19(28)27(18)14-9-12(22)8-13(23)10-14/h5-11H,1-4H3,(H,25,29)/t11-/m0/s1. The van der Waals surface area contributed by atoms with Gasteiger partial charge in [0.2, 0.25) is 0 Å². The average molecular weight is 452 g/mol. The van der Waals surface area contributed by atoms with Gasteiger partial charge >= 0.3 is 6.09 Å². The molecule has 0 saturated heterocycles. The van der Waals surface area contributed by atoms with E-state index in [1.807, 2.05) is 0 Å². The molecule has 2 aromatic carbocycles. The van der Waals surface area contributed by atoms with Gasteiger partial charge in [0.1, 0.15) is 22.6 Å². The highest BCUT2D eigenvalue weighted by Gasteiger charge is 2.24. The molecular formula is C21H20Cl2FN3O3. The van der Waals surface area contributed by atoms with Crippen LogP contribution < -0.4 is 10.9 Å². The Morgan fingerprint density at radius 1 is 1.20 bits per heavy atom. The minimum atomic E-state index is -0.752. The second-order valence-corrected chi connectivity index (χ2v) is 8.61. The summed E-state index contributed by atoms with van der Waals surface area (Å²) < 4.78 is 20.9. The third-order valence-corrected chi connectivity index (χ3v) is 4.54. The number of aromatic nitrogens is 2. The van der Waals surface area contributed by atoms with E-state index in [9.17, 15) is 14.0 Å². The van der Waals surface area contributed by atoms with E-state index >= 15 is 0 Å². The van der Waals surface area contributed by atoms with Crippen molar-refractivity contribution in [1.29, 1.82) is 0 Å². The van der Waals surface area contributed by atoms with Crippen LogP contribution in [0.15, 0.2) is 41.2 Å². The van der Waals surface area contributed by atoms with Crippen LogP contribution in [0.4, 0.5) is 9.18 Å². The molecule has 1 N–H and O–H groups in total. The number of ether oxygens (including phenoxy) is 1. The number of amides is 1. The number of fused-ring (bicyclic) bond motifs is 1. The summed E-state index contributed by atoms with van der Waals surface area (Å²) in [6, 6.07) is 7.94. The van der Waals surface area contributed by atoms with E-state index in [0.717, 1.165) is 0 Å². The first-order chi connectivity index (χ1) is 14.0. The zero-order chi connectivity index (χ0) is 22.2. The molecule has 158 valence electrons. The number of benzene rings is 2. The predicted octanol–water partition coefficient (Wildman–Crippen LogP) is 5.42. The number of nitrogens with zero attached hydrogens (tertiary/aromatic N) is 2. The lowest BCUT2D eigenvalue weighted by molar-refractivity contribution is 0.0505. The molecule has 9 heteroatoms. The molecule has 1 amide bonds. The van der Waals surface area contributed by atoms with Crippen molar-refractivity contribution in [3.63, 3.8) is 0 Å². The molecule has 0 radical (unpaired) electrons. The molecule has 0 fully saturated rings. The number of alkyl carbamates (subject to hydrolysis) is 1. The number of nitrogens with one attached hydrogen (secondary N) is 1. The second-order valence-electron chi connectivity index (χ2n) is 7.74. The first kappa shape index (κ1) is 22.1. The van der Waals surface area contributed by atoms with Gasteiger partial charge in [-0.1, -0.05) is 29.3 Å². The van der Waals surface area contributed by atoms with Gasteiger partial charge in [0, 0.05) is 10.0 Å². The maximum Gasteiger partial charge on any atom is 0.408 e. The van der Waals surface area contributed by atoms with Gasteiger partial charge in [-0.05, 0) is 58.0 Å². The van der Waals surface area contributed by atoms with Crippen LogP contribution in [0.3, 0.4) is 0 Å². The highest BCUT2D eigenvalue weighted by molar-refractivity contribution is 6.34. The third kappa shape index (κ3) is 4.74. The lowest BCUT2D eigenvalue weighted by Crippen LogP contribution is -2.37. The van der Waals surface area contributed by atoms with Gasteiger partial charge in [0.05, 0.1) is 17.2 Å². The van der Waals surface area contributed by atoms with Crippen LogP contribution in [0.5, 0.6) is 0 Å². The Balaban J connectivity index is 2.22. The van der Waals surface area contributed by atoms with E-state index in [-0.39, 0.29) is 26.8 Å². The van der Waals surface area contributed by atoms with Gasteiger partial charge in [0.25, 0.3) is 5.56 Å². The summed E-state index contributed by atoms with van der Waals surface area (Å²) in [5, 5.41) is 3.05. The van der Waals surface area contributed by atoms with Crippen molar-refractivity contribution in [1.82, 2.24) is 14.9 Å². The van der Waals surface area contributed by atoms with Crippen LogP contribution in [0.25, 0.3) is 16.6 Å². The maximum atomic E-state index is 14.4. The second kappa shape index (κ2) is 8.24. The summed E-state index contributed by atoms with van der Waals surface area (Å²) in [5.74, 6) is -0.534. The molecule has 0 bridgehead atoms. The number of hydrogen-bond acceptors (Lipinski definition) is 4. The van der Waals surface area contributed by atoms with Crippen molar-refractivity contribution in [2.75, 3.05) is 0 Å². The monoisotopic (exact) mass is 451 g/mol. The molecule has 30 heavy (non-hydrogen) atoms. The largest absolute Gasteiger partial charge is 0.444 e. The molecule has 0 saturated carbocycles. The molecule has 3 rings (SSSR count). The van der Waals surface area contributed by atoms with E-state index < -0.39 is 29.1 Å². The number of rotatable bonds is 3. The first-order valence-corrected chi connectivity index (χ1v) is 9.89. The minimum Gasteiger partial charge on any atom is -0.444 e. The van der Waals surface area contributed by atoms with Gasteiger partial charge in [-0.2, -0.15) is 0 Å². The Hall–Kier alpha value is -2.64. The molecule has 0 aliphatic rings. The minimum absolute atomic E-state index is 0.164. The SMILES string of the molecule is C[C@H](NC(=O)OC(C)(C)C)c1nc2cccc(F)c2c(=O)n1-c1cc(Cl)cc(Cl)c1. The normalized spacial score (nSPS) is 12.6. The van der Waals surface area contributed by atoms with Gasteiger partial charge in [-0.3, -0.25) is 9.36 Å². The van der Waals surface area contributed by atoms with Gasteiger partial charge < -0.3 is 10.1 Å². The van der Waals surface area contributed by atoms with Gasteiger partial charge in [0.15, 0.2) is 0 Å². The Labute approximate surface area is 182 Å². The number of halogens is 3. The van der Waals surface area contributed by atoms with E-state index in [1.165, 1.54) is 41.0 Å². The summed E-state index contributed by atoms with van der Waals surface area (Å²) in [7, 11) is 0. The fraction of sp³-hybridized carbons (Fsp3) is 0.286. The van der Waals surface area contributed by atoms with Crippen LogP contribution in [-0.2, 0) is 4.74 Å². The summed E-state index contributed by atoms with van der Waals surface area (Å²) in [6.07, 6.45) is -0.681. The molecule has 3 aromatic rings. The van der Waals surface area contributed by atoms with Crippen LogP contribution in [0.1, 0.15) is 39.6 Å². The van der Waals surface area contributed by atoms with Crippen LogP contribution in [0, 0.1) is 5.82 Å². The summed E-state index contributed by atoms with van der Waals surface area (Å²) >= 11 is 12.2. The van der Waals surface area contributed by atoms with Crippen molar-refractivity contribution >= 4 is 40.2 Å². The Morgan fingerprint density at radius 2 is 1.83 bits per heavy atom. The average Bonchev–Trinajstić information content (AvgIpc) is 2.58. The fourth-order valence-electron chi connectivity index (χ4n) is 2.96. The maximum absolute atomic E-state index is 14.4. The molecular weight excluding hydrogens is 432 g/mol. The first-order valence-electron chi connectivity index (χ1n) is 9.13. The molecule has 0 aliphatic carbocycles. The van der Waals surface area contributed by atoms with E-state index in [1.54, 1.807) is 27.7 Å². The summed E-state index contributed by atoms with van der Waals surface area (Å²) in [6.45, 7) is 6.84. The Morgan fingerprint density at radius 3 is 2.43 bits per heavy atom. The van der Waals surface area contributed by atoms with Crippen molar-refractivity contribution < 1.29 is 13.9 Å². The van der Waals surface area contributed by atoms with E-state index in [0.29, 0.717) is 5.69 Å². The molecule has 6 nitrogen and oxygen atoms in total. The lowest BCUT2D eigenvalue weighted by atomic mass is 10.2. The van der Waals surface area contributed by atoms with Gasteiger partial charge in [-0.15, -0.1) is 0 Å². The van der Waals surface area contributed by atoms with Crippen molar-refractivity contribution in [2.24, 2.45) is 0 Å². The smallest absolute Gasteiger partial charge is 0.408 e. The zero-order valence-corrected chi connectivity index (χ0v) is 18.3. The topological polar surface area (TPSA) is 73.2 Å². The Kier molecular flexibility index (Phi) is 6.06. The van der Waals surface area contributed by atoms with E-state index in [2.05, 4.69) is 10.3 Å². The van der Waals surface area contributed by atoms with Crippen molar-refractivity contribution in [3.05, 3.63) is 68.4 Å². The van der Waals surface area contributed by atoms with Crippen LogP contribution in [-0.4, -0.2) is 21.2 Å². The van der Waals surface area contributed by atoms with Crippen molar-refractivity contribution in [3.8, 4) is 5.69 Å². The molecule has 1 heterocycles. The van der Waals surface area contributed by atoms with Crippen LogP contribution >= 0.6 is 23.2 Å². The highest BCUT2D eigenvalue weighted by Crippen LogP contribution is 2.25. The molecule has 0 unspecified atom stereocenters. The number of hydrogen-bond donors (Lipinski definition) is 1. The lowest BCUT2D eigenvalue weighted by Gasteiger charge is -2.23. The zero-order valence-electron chi connectivity index (χ0n) is 16.8. The molecule has 0 spiro atoms. The fourth-order valence-corrected chi connectivity index (χ4v) is 3.48. The van der Waals surface area contributed by atoms with E-state index in [4.69, 9.17) is 27.9 Å².